The van der Waals surface area contributed by atoms with Crippen molar-refractivity contribution in [2.24, 2.45) is 22.3 Å². The van der Waals surface area contributed by atoms with Gasteiger partial charge in [0.15, 0.2) is 0 Å². The molecule has 0 rings (SSSR count). The molecule has 0 spiro atoms. The molecule has 168 valence electrons. The molecule has 0 aromatic carbocycles. The van der Waals surface area contributed by atoms with Gasteiger partial charge >= 0.3 is 23.9 Å². The molecule has 0 aromatic rings. The van der Waals surface area contributed by atoms with Crippen LogP contribution in [0, 0.1) is 10.8 Å². The van der Waals surface area contributed by atoms with Crippen molar-refractivity contribution in [1.29, 1.82) is 0 Å². The van der Waals surface area contributed by atoms with Crippen molar-refractivity contribution < 1.29 is 38.9 Å². The van der Waals surface area contributed by atoms with Crippen LogP contribution in [-0.2, 0) is 28.7 Å². The van der Waals surface area contributed by atoms with Crippen molar-refractivity contribution in [1.82, 2.24) is 0 Å². The van der Waals surface area contributed by atoms with E-state index in [2.05, 4.69) is 0 Å². The summed E-state index contributed by atoms with van der Waals surface area (Å²) in [7, 11) is 0. The fourth-order valence-corrected chi connectivity index (χ4v) is 2.97. The van der Waals surface area contributed by atoms with Gasteiger partial charge in [-0.2, -0.15) is 0 Å². The molecule has 10 heteroatoms. The number of carboxylic acid groups (broad SMARTS) is 2. The van der Waals surface area contributed by atoms with Gasteiger partial charge < -0.3 is 31.2 Å². The molecule has 29 heavy (non-hydrogen) atoms. The van der Waals surface area contributed by atoms with Crippen molar-refractivity contribution in [2.45, 2.75) is 85.1 Å². The van der Waals surface area contributed by atoms with E-state index >= 15 is 0 Å². The normalized spacial score (nSPS) is 14.6. The Morgan fingerprint density at radius 1 is 0.724 bits per heavy atom. The molecule has 0 saturated carbocycles. The predicted molar refractivity (Wildman–Crippen MR) is 104 cm³/mol. The monoisotopic (exact) mass is 418 g/mol. The van der Waals surface area contributed by atoms with E-state index in [4.69, 9.17) is 31.2 Å². The van der Waals surface area contributed by atoms with Crippen LogP contribution in [0.15, 0.2) is 0 Å². The summed E-state index contributed by atoms with van der Waals surface area (Å²) < 4.78 is 11.3. The van der Waals surface area contributed by atoms with Crippen LogP contribution in [0.2, 0.25) is 0 Å². The maximum Gasteiger partial charge on any atom is 0.320 e. The van der Waals surface area contributed by atoms with E-state index in [1.54, 1.807) is 41.5 Å². The molecule has 0 unspecified atom stereocenters. The van der Waals surface area contributed by atoms with Crippen molar-refractivity contribution in [3.63, 3.8) is 0 Å². The van der Waals surface area contributed by atoms with E-state index in [0.717, 1.165) is 0 Å². The van der Waals surface area contributed by atoms with E-state index < -0.39 is 52.6 Å². The molecule has 0 aliphatic rings. The van der Waals surface area contributed by atoms with Gasteiger partial charge in [0.1, 0.15) is 12.1 Å². The summed E-state index contributed by atoms with van der Waals surface area (Å²) in [4.78, 5) is 46.6. The van der Waals surface area contributed by atoms with Gasteiger partial charge in [0.05, 0.1) is 0 Å². The Bertz CT molecular complexity index is 565. The smallest absolute Gasteiger partial charge is 0.320 e. The minimum atomic E-state index is -1.70. The maximum atomic E-state index is 12.5. The third-order valence-electron chi connectivity index (χ3n) is 4.44. The SMILES string of the molecule is CC(C)(C)C(OC(=O)CC[C@H](N)C(=O)O)(OC(=O)CC[C@H](N)C(=O)O)C(C)(C)C. The van der Waals surface area contributed by atoms with E-state index in [1.165, 1.54) is 0 Å². The topological polar surface area (TPSA) is 179 Å². The largest absolute Gasteiger partial charge is 0.480 e. The molecule has 0 bridgehead atoms. The lowest BCUT2D eigenvalue weighted by Gasteiger charge is -2.50. The Kier molecular flexibility index (Phi) is 9.26. The lowest BCUT2D eigenvalue weighted by Crippen LogP contribution is -2.59. The highest BCUT2D eigenvalue weighted by molar-refractivity contribution is 5.76. The highest BCUT2D eigenvalue weighted by Gasteiger charge is 2.58. The van der Waals surface area contributed by atoms with E-state index in [1.807, 2.05) is 0 Å². The second-order valence-electron chi connectivity index (χ2n) is 9.03. The minimum absolute atomic E-state index is 0.139. The lowest BCUT2D eigenvalue weighted by molar-refractivity contribution is -0.305. The van der Waals surface area contributed by atoms with Crippen molar-refractivity contribution >= 4 is 23.9 Å². The number of nitrogens with two attached hydrogens (primary N) is 2. The van der Waals surface area contributed by atoms with Crippen LogP contribution in [0.5, 0.6) is 0 Å². The van der Waals surface area contributed by atoms with E-state index in [-0.39, 0.29) is 25.7 Å². The zero-order valence-electron chi connectivity index (χ0n) is 18.0. The third-order valence-corrected chi connectivity index (χ3v) is 4.44. The Morgan fingerprint density at radius 2 is 1.00 bits per heavy atom. The van der Waals surface area contributed by atoms with Crippen LogP contribution < -0.4 is 11.5 Å². The van der Waals surface area contributed by atoms with Gasteiger partial charge in [0.2, 0.25) is 0 Å². The number of hydrogen-bond acceptors (Lipinski definition) is 8. The highest BCUT2D eigenvalue weighted by Crippen LogP contribution is 2.48. The second-order valence-corrected chi connectivity index (χ2v) is 9.03. The molecule has 0 aromatic heterocycles. The molecular formula is C19H34N2O8. The summed E-state index contributed by atoms with van der Waals surface area (Å²) >= 11 is 0. The molecule has 0 fully saturated rings. The quantitative estimate of drug-likeness (QED) is 0.298. The number of rotatable bonds is 10. The van der Waals surface area contributed by atoms with Gasteiger partial charge in [0, 0.05) is 23.7 Å². The van der Waals surface area contributed by atoms with E-state index in [9.17, 15) is 19.2 Å². The number of aliphatic carboxylic acids is 2. The van der Waals surface area contributed by atoms with Crippen LogP contribution in [0.3, 0.4) is 0 Å². The summed E-state index contributed by atoms with van der Waals surface area (Å²) in [6, 6.07) is -2.44. The fourth-order valence-electron chi connectivity index (χ4n) is 2.97. The average molecular weight is 418 g/mol. The molecule has 6 N–H and O–H groups in total. The number of ether oxygens (including phenoxy) is 2. The number of carbonyl (C=O) groups excluding carboxylic acids is 2. The predicted octanol–water partition coefficient (Wildman–Crippen LogP) is 1.25. The molecule has 0 radical (unpaired) electrons. The van der Waals surface area contributed by atoms with Gasteiger partial charge in [-0.3, -0.25) is 19.2 Å². The summed E-state index contributed by atoms with van der Waals surface area (Å²) in [5.74, 6) is -5.70. The van der Waals surface area contributed by atoms with E-state index in [0.29, 0.717) is 0 Å². The highest BCUT2D eigenvalue weighted by atomic mass is 16.7. The Morgan fingerprint density at radius 3 is 1.21 bits per heavy atom. The van der Waals surface area contributed by atoms with Gasteiger partial charge in [-0.25, -0.2) is 0 Å². The maximum absolute atomic E-state index is 12.5. The summed E-state index contributed by atoms with van der Waals surface area (Å²) in [6.45, 7) is 10.4. The summed E-state index contributed by atoms with van der Waals surface area (Å²) in [6.07, 6.45) is -0.828. The van der Waals surface area contributed by atoms with Crippen molar-refractivity contribution in [2.75, 3.05) is 0 Å². The van der Waals surface area contributed by atoms with Crippen LogP contribution in [0.25, 0.3) is 0 Å². The van der Waals surface area contributed by atoms with Crippen LogP contribution in [0.4, 0.5) is 0 Å². The van der Waals surface area contributed by atoms with Gasteiger partial charge in [0.25, 0.3) is 5.79 Å². The minimum Gasteiger partial charge on any atom is -0.480 e. The first-order valence-electron chi connectivity index (χ1n) is 9.35. The number of hydrogen-bond donors (Lipinski definition) is 4. The Hall–Kier alpha value is -2.20. The number of esters is 2. The zero-order chi connectivity index (χ0) is 23.2. The molecule has 2 atom stereocenters. The first kappa shape index (κ1) is 26.8. The van der Waals surface area contributed by atoms with Crippen molar-refractivity contribution in [3.8, 4) is 0 Å². The molecule has 0 aliphatic heterocycles. The van der Waals surface area contributed by atoms with Crippen LogP contribution in [0.1, 0.15) is 67.2 Å². The third kappa shape index (κ3) is 7.62. The van der Waals surface area contributed by atoms with Gasteiger partial charge in [-0.15, -0.1) is 0 Å². The molecule has 0 aliphatic carbocycles. The molecule has 0 saturated heterocycles. The second kappa shape index (κ2) is 10.0. The first-order chi connectivity index (χ1) is 12.9. The molecule has 10 nitrogen and oxygen atoms in total. The molecule has 0 heterocycles. The molecule has 0 amide bonds. The number of carboxylic acids is 2. The zero-order valence-corrected chi connectivity index (χ0v) is 18.0. The first-order valence-corrected chi connectivity index (χ1v) is 9.35. The Labute approximate surface area is 170 Å². The Balaban J connectivity index is 5.57. The van der Waals surface area contributed by atoms with Crippen LogP contribution >= 0.6 is 0 Å². The van der Waals surface area contributed by atoms with Gasteiger partial charge in [-0.05, 0) is 12.8 Å². The molecular weight excluding hydrogens is 384 g/mol. The van der Waals surface area contributed by atoms with Gasteiger partial charge in [-0.1, -0.05) is 41.5 Å². The average Bonchev–Trinajstić information content (AvgIpc) is 2.54. The standard InChI is InChI=1S/C19H34N2O8/c1-17(2,3)19(18(4,5)6,28-13(22)9-7-11(20)15(24)25)29-14(23)10-8-12(21)16(26)27/h11-12H,7-10,20-21H2,1-6H3,(H,24,25)(H,26,27)/t11-,12-/m0/s1. The summed E-state index contributed by atoms with van der Waals surface area (Å²) in [5.41, 5.74) is 9.12. The fraction of sp³-hybridized carbons (Fsp3) is 0.789. The lowest BCUT2D eigenvalue weighted by atomic mass is 9.70. The number of carbonyl (C=O) groups is 4. The summed E-state index contributed by atoms with van der Waals surface area (Å²) in [5, 5.41) is 17.7. The van der Waals surface area contributed by atoms with Crippen LogP contribution in [-0.4, -0.2) is 52.0 Å². The van der Waals surface area contributed by atoms with Crippen molar-refractivity contribution in [3.05, 3.63) is 0 Å².